The number of nitrogens with one attached hydrogen (secondary N) is 2. The van der Waals surface area contributed by atoms with Crippen molar-refractivity contribution in [1.29, 1.82) is 0 Å². The summed E-state index contributed by atoms with van der Waals surface area (Å²) in [6.45, 7) is 13.2. The number of nitrogens with zero attached hydrogens (tertiary/aromatic N) is 1. The number of H-pyrrole nitrogens is 1. The molecule has 1 aliphatic heterocycles. The molecule has 0 radical (unpaired) electrons. The predicted molar refractivity (Wildman–Crippen MR) is 91.8 cm³/mol. The third kappa shape index (κ3) is 2.72. The number of aryl methyl sites for hydroxylation is 2. The first-order valence-corrected chi connectivity index (χ1v) is 9.03. The molecule has 0 aromatic carbocycles. The molecule has 1 saturated heterocycles. The van der Waals surface area contributed by atoms with E-state index in [-0.39, 0.29) is 11.6 Å². The molecular formula is C17H26N3OS+. The van der Waals surface area contributed by atoms with Gasteiger partial charge in [0, 0.05) is 16.7 Å². The van der Waals surface area contributed by atoms with Gasteiger partial charge in [0.2, 0.25) is 0 Å². The lowest BCUT2D eigenvalue weighted by Gasteiger charge is -2.35. The molecule has 3 atom stereocenters. The van der Waals surface area contributed by atoms with E-state index in [1.54, 1.807) is 16.2 Å². The number of fused-ring (bicyclic) bond motifs is 1. The molecule has 0 spiro atoms. The molecule has 0 bridgehead atoms. The molecule has 3 rings (SSSR count). The van der Waals surface area contributed by atoms with E-state index in [1.165, 1.54) is 11.3 Å². The van der Waals surface area contributed by atoms with Crippen molar-refractivity contribution in [3.63, 3.8) is 0 Å². The molecule has 1 aliphatic rings. The van der Waals surface area contributed by atoms with Crippen molar-refractivity contribution < 1.29 is 4.90 Å². The summed E-state index contributed by atoms with van der Waals surface area (Å²) in [6, 6.07) is 0.241. The van der Waals surface area contributed by atoms with Gasteiger partial charge in [0.15, 0.2) is 5.82 Å². The standard InChI is InChI=1S/C17H25N3OS/c1-9-6-10(2)8-20(7-9)12(4)15-18-16(21)14-11(3)13(5)22-17(14)19-15/h9-10,12H,6-8H2,1-5H3,(H,18,19,21)/p+1/t9-,10-,12-/m0/s1. The summed E-state index contributed by atoms with van der Waals surface area (Å²) in [7, 11) is 0. The maximum Gasteiger partial charge on any atom is 0.260 e. The van der Waals surface area contributed by atoms with E-state index >= 15 is 0 Å². The summed E-state index contributed by atoms with van der Waals surface area (Å²) in [5.41, 5.74) is 1.09. The van der Waals surface area contributed by atoms with E-state index in [0.717, 1.165) is 46.5 Å². The highest BCUT2D eigenvalue weighted by molar-refractivity contribution is 7.18. The first kappa shape index (κ1) is 15.7. The molecule has 0 amide bonds. The lowest BCUT2D eigenvalue weighted by Crippen LogP contribution is -3.14. The second-order valence-corrected chi connectivity index (χ2v) is 8.35. The number of hydrogen-bond acceptors (Lipinski definition) is 3. The third-order valence-electron chi connectivity index (χ3n) is 5.11. The van der Waals surface area contributed by atoms with Crippen LogP contribution in [-0.4, -0.2) is 23.1 Å². The molecule has 0 aliphatic carbocycles. The number of likely N-dealkylation sites (tertiary alicyclic amines) is 1. The Bertz CT molecular complexity index is 738. The van der Waals surface area contributed by atoms with Crippen molar-refractivity contribution in [3.8, 4) is 0 Å². The number of piperidine rings is 1. The van der Waals surface area contributed by atoms with Crippen molar-refractivity contribution in [2.45, 2.75) is 47.1 Å². The van der Waals surface area contributed by atoms with Crippen LogP contribution in [-0.2, 0) is 0 Å². The van der Waals surface area contributed by atoms with Crippen LogP contribution in [0.4, 0.5) is 0 Å². The molecule has 0 unspecified atom stereocenters. The molecule has 0 saturated carbocycles. The third-order valence-corrected chi connectivity index (χ3v) is 6.21. The van der Waals surface area contributed by atoms with E-state index in [0.29, 0.717) is 0 Å². The van der Waals surface area contributed by atoms with Gasteiger partial charge in [0.05, 0.1) is 18.5 Å². The SMILES string of the molecule is Cc1sc2nc([C@H](C)[NH+]3C[C@@H](C)C[C@H](C)C3)[nH]c(=O)c2c1C. The van der Waals surface area contributed by atoms with Gasteiger partial charge in [-0.05, 0) is 32.8 Å². The van der Waals surface area contributed by atoms with Crippen molar-refractivity contribution >= 4 is 21.6 Å². The zero-order valence-electron chi connectivity index (χ0n) is 14.1. The van der Waals surface area contributed by atoms with Crippen LogP contribution < -0.4 is 10.5 Å². The van der Waals surface area contributed by atoms with Gasteiger partial charge in [-0.2, -0.15) is 0 Å². The van der Waals surface area contributed by atoms with Crippen LogP contribution in [0.3, 0.4) is 0 Å². The topological polar surface area (TPSA) is 50.2 Å². The fraction of sp³-hybridized carbons (Fsp3) is 0.647. The minimum absolute atomic E-state index is 0.0196. The second kappa shape index (κ2) is 5.78. The summed E-state index contributed by atoms with van der Waals surface area (Å²) < 4.78 is 0. The number of quaternary nitrogens is 1. The molecule has 120 valence electrons. The Morgan fingerprint density at radius 1 is 1.27 bits per heavy atom. The molecule has 1 fully saturated rings. The monoisotopic (exact) mass is 320 g/mol. The maximum absolute atomic E-state index is 12.5. The summed E-state index contributed by atoms with van der Waals surface area (Å²) in [5.74, 6) is 2.32. The van der Waals surface area contributed by atoms with Crippen molar-refractivity contribution in [3.05, 3.63) is 26.6 Å². The van der Waals surface area contributed by atoms with Crippen LogP contribution in [0, 0.1) is 25.7 Å². The Morgan fingerprint density at radius 3 is 2.55 bits per heavy atom. The zero-order valence-corrected chi connectivity index (χ0v) is 14.9. The average Bonchev–Trinajstić information content (AvgIpc) is 2.72. The molecule has 2 aromatic rings. The van der Waals surface area contributed by atoms with E-state index in [9.17, 15) is 4.79 Å². The van der Waals surface area contributed by atoms with Gasteiger partial charge in [-0.15, -0.1) is 11.3 Å². The van der Waals surface area contributed by atoms with Crippen molar-refractivity contribution in [2.75, 3.05) is 13.1 Å². The van der Waals surface area contributed by atoms with E-state index in [1.807, 2.05) is 6.92 Å². The largest absolute Gasteiger partial charge is 0.326 e. The van der Waals surface area contributed by atoms with Gasteiger partial charge in [0.25, 0.3) is 5.56 Å². The first-order chi connectivity index (χ1) is 10.4. The number of hydrogen-bond donors (Lipinski definition) is 2. The second-order valence-electron chi connectivity index (χ2n) is 7.15. The number of aromatic amines is 1. The van der Waals surface area contributed by atoms with Crippen LogP contribution >= 0.6 is 11.3 Å². The maximum atomic E-state index is 12.5. The summed E-state index contributed by atoms with van der Waals surface area (Å²) in [4.78, 5) is 23.9. The molecule has 4 nitrogen and oxygen atoms in total. The number of thiophene rings is 1. The zero-order chi connectivity index (χ0) is 16.0. The number of rotatable bonds is 2. The highest BCUT2D eigenvalue weighted by atomic mass is 32.1. The van der Waals surface area contributed by atoms with Gasteiger partial charge in [-0.3, -0.25) is 4.79 Å². The fourth-order valence-electron chi connectivity index (χ4n) is 3.86. The summed E-state index contributed by atoms with van der Waals surface area (Å²) in [5, 5.41) is 0.772. The van der Waals surface area contributed by atoms with Crippen molar-refractivity contribution in [2.24, 2.45) is 11.8 Å². The summed E-state index contributed by atoms with van der Waals surface area (Å²) in [6.07, 6.45) is 1.31. The van der Waals surface area contributed by atoms with E-state index in [2.05, 4.69) is 32.7 Å². The smallest absolute Gasteiger partial charge is 0.260 e. The minimum Gasteiger partial charge on any atom is -0.326 e. The first-order valence-electron chi connectivity index (χ1n) is 8.21. The van der Waals surface area contributed by atoms with Crippen LogP contribution in [0.2, 0.25) is 0 Å². The van der Waals surface area contributed by atoms with Crippen molar-refractivity contribution in [1.82, 2.24) is 9.97 Å². The quantitative estimate of drug-likeness (QED) is 0.891. The molecule has 5 heteroatoms. The molecule has 2 aromatic heterocycles. The van der Waals surface area contributed by atoms with Crippen LogP contribution in [0.15, 0.2) is 4.79 Å². The Kier molecular flexibility index (Phi) is 4.12. The molecular weight excluding hydrogens is 294 g/mol. The van der Waals surface area contributed by atoms with Gasteiger partial charge in [-0.1, -0.05) is 13.8 Å². The summed E-state index contributed by atoms with van der Waals surface area (Å²) >= 11 is 1.63. The lowest BCUT2D eigenvalue weighted by molar-refractivity contribution is -0.941. The Morgan fingerprint density at radius 2 is 1.91 bits per heavy atom. The van der Waals surface area contributed by atoms with Crippen LogP contribution in [0.1, 0.15) is 49.5 Å². The van der Waals surface area contributed by atoms with Gasteiger partial charge in [0.1, 0.15) is 10.9 Å². The van der Waals surface area contributed by atoms with Gasteiger partial charge >= 0.3 is 0 Å². The lowest BCUT2D eigenvalue weighted by atomic mass is 9.91. The highest BCUT2D eigenvalue weighted by Crippen LogP contribution is 2.26. The van der Waals surface area contributed by atoms with Gasteiger partial charge in [-0.25, -0.2) is 4.98 Å². The minimum atomic E-state index is 0.0196. The van der Waals surface area contributed by atoms with E-state index in [4.69, 9.17) is 4.98 Å². The Balaban J connectivity index is 1.97. The van der Waals surface area contributed by atoms with E-state index < -0.39 is 0 Å². The van der Waals surface area contributed by atoms with Crippen LogP contribution in [0.5, 0.6) is 0 Å². The molecule has 22 heavy (non-hydrogen) atoms. The molecule has 3 heterocycles. The highest BCUT2D eigenvalue weighted by Gasteiger charge is 2.31. The number of aromatic nitrogens is 2. The Labute approximate surface area is 135 Å². The molecule has 2 N–H and O–H groups in total. The Hall–Kier alpha value is -1.20. The van der Waals surface area contributed by atoms with Gasteiger partial charge < -0.3 is 9.88 Å². The van der Waals surface area contributed by atoms with Crippen LogP contribution in [0.25, 0.3) is 10.2 Å². The average molecular weight is 320 g/mol. The normalized spacial score (nSPS) is 27.2. The predicted octanol–water partition coefficient (Wildman–Crippen LogP) is 2.22. The fourth-order valence-corrected chi connectivity index (χ4v) is 4.89.